The average molecular weight is 375 g/mol. The van der Waals surface area contributed by atoms with Crippen LogP contribution in [0.15, 0.2) is 47.5 Å². The van der Waals surface area contributed by atoms with E-state index in [0.717, 1.165) is 23.4 Å². The van der Waals surface area contributed by atoms with Crippen LogP contribution in [0.3, 0.4) is 0 Å². The van der Waals surface area contributed by atoms with Crippen LogP contribution in [0, 0.1) is 5.82 Å². The lowest BCUT2D eigenvalue weighted by atomic mass is 10.1. The molecule has 6 nitrogen and oxygen atoms in total. The molecule has 0 aliphatic carbocycles. The lowest BCUT2D eigenvalue weighted by molar-refractivity contribution is 0.172. The second kappa shape index (κ2) is 11.2. The Morgan fingerprint density at radius 1 is 1.19 bits per heavy atom. The Morgan fingerprint density at radius 3 is 2.78 bits per heavy atom. The van der Waals surface area contributed by atoms with Crippen molar-refractivity contribution in [3.8, 4) is 5.75 Å². The van der Waals surface area contributed by atoms with Crippen LogP contribution in [0.4, 0.5) is 10.1 Å². The maximum absolute atomic E-state index is 13.5. The number of rotatable bonds is 9. The number of ether oxygens (including phenoxy) is 2. The van der Waals surface area contributed by atoms with Crippen molar-refractivity contribution in [2.75, 3.05) is 32.7 Å². The molecule has 0 heterocycles. The van der Waals surface area contributed by atoms with Crippen LogP contribution in [0.25, 0.3) is 0 Å². The van der Waals surface area contributed by atoms with E-state index < -0.39 is 5.82 Å². The molecule has 0 bridgehead atoms. The predicted octanol–water partition coefficient (Wildman–Crippen LogP) is 2.92. The summed E-state index contributed by atoms with van der Waals surface area (Å²) >= 11 is 0. The fraction of sp³-hybridized carbons (Fsp3) is 0.350. The highest BCUT2D eigenvalue weighted by molar-refractivity contribution is 5.93. The molecule has 0 amide bonds. The van der Waals surface area contributed by atoms with Gasteiger partial charge in [-0.1, -0.05) is 12.1 Å². The molecule has 0 saturated heterocycles. The number of nitrogens with one attached hydrogen (secondary N) is 2. The Morgan fingerprint density at radius 2 is 2.04 bits per heavy atom. The number of aliphatic imine (C=N–C) groups is 1. The minimum atomic E-state index is -0.411. The summed E-state index contributed by atoms with van der Waals surface area (Å²) < 4.78 is 24.2. The Balaban J connectivity index is 1.91. The van der Waals surface area contributed by atoms with Gasteiger partial charge in [-0.25, -0.2) is 4.39 Å². The minimum Gasteiger partial charge on any atom is -0.493 e. The molecule has 7 heteroatoms. The zero-order valence-electron chi connectivity index (χ0n) is 15.7. The first-order chi connectivity index (χ1) is 13.2. The third-order valence-electron chi connectivity index (χ3n) is 3.82. The zero-order valence-corrected chi connectivity index (χ0v) is 15.7. The van der Waals surface area contributed by atoms with Gasteiger partial charge >= 0.3 is 0 Å². The molecule has 0 fully saturated rings. The van der Waals surface area contributed by atoms with E-state index in [9.17, 15) is 4.39 Å². The summed E-state index contributed by atoms with van der Waals surface area (Å²) in [6.45, 7) is 1.36. The third kappa shape index (κ3) is 6.88. The molecule has 0 aliphatic rings. The molecule has 2 aromatic rings. The monoisotopic (exact) mass is 375 g/mol. The molecule has 0 unspecified atom stereocenters. The van der Waals surface area contributed by atoms with Crippen LogP contribution < -0.4 is 15.4 Å². The second-order valence-corrected chi connectivity index (χ2v) is 5.86. The molecule has 0 spiro atoms. The number of benzene rings is 2. The number of aliphatic hydroxyl groups excluding tert-OH is 1. The summed E-state index contributed by atoms with van der Waals surface area (Å²) in [6.07, 6.45) is 0.824. The lowest BCUT2D eigenvalue weighted by Gasteiger charge is -2.14. The maximum Gasteiger partial charge on any atom is 0.195 e. The van der Waals surface area contributed by atoms with Gasteiger partial charge in [0.1, 0.15) is 11.6 Å². The molecule has 27 heavy (non-hydrogen) atoms. The molecular formula is C20H26FN3O3. The van der Waals surface area contributed by atoms with E-state index in [-0.39, 0.29) is 12.2 Å². The molecule has 3 N–H and O–H groups in total. The topological polar surface area (TPSA) is 75.1 Å². The van der Waals surface area contributed by atoms with Crippen molar-refractivity contribution in [3.05, 3.63) is 59.4 Å². The van der Waals surface area contributed by atoms with Crippen molar-refractivity contribution in [2.45, 2.75) is 19.6 Å². The summed E-state index contributed by atoms with van der Waals surface area (Å²) in [7, 11) is 3.34. The fourth-order valence-electron chi connectivity index (χ4n) is 2.42. The summed E-state index contributed by atoms with van der Waals surface area (Å²) in [5.41, 5.74) is 1.96. The highest BCUT2D eigenvalue weighted by Crippen LogP contribution is 2.17. The van der Waals surface area contributed by atoms with Crippen molar-refractivity contribution in [3.63, 3.8) is 0 Å². The normalized spacial score (nSPS) is 11.3. The summed E-state index contributed by atoms with van der Waals surface area (Å²) in [4.78, 5) is 4.19. The number of halogens is 1. The molecule has 2 rings (SSSR count). The Kier molecular flexibility index (Phi) is 8.54. The first-order valence-corrected chi connectivity index (χ1v) is 8.74. The molecule has 0 saturated carbocycles. The van der Waals surface area contributed by atoms with Crippen LogP contribution in [0.2, 0.25) is 0 Å². The van der Waals surface area contributed by atoms with Gasteiger partial charge in [0.15, 0.2) is 5.96 Å². The highest BCUT2D eigenvalue weighted by atomic mass is 19.1. The van der Waals surface area contributed by atoms with Crippen LogP contribution in [0.1, 0.15) is 17.5 Å². The fourth-order valence-corrected chi connectivity index (χ4v) is 2.42. The molecule has 0 aromatic heterocycles. The van der Waals surface area contributed by atoms with Gasteiger partial charge in [0.25, 0.3) is 0 Å². The van der Waals surface area contributed by atoms with Gasteiger partial charge < -0.3 is 25.2 Å². The Hall–Kier alpha value is -2.64. The van der Waals surface area contributed by atoms with Crippen LogP contribution in [-0.4, -0.2) is 38.4 Å². The molecule has 2 aromatic carbocycles. The highest BCUT2D eigenvalue weighted by Gasteiger charge is 2.05. The van der Waals surface area contributed by atoms with E-state index >= 15 is 0 Å². The van der Waals surface area contributed by atoms with E-state index in [2.05, 4.69) is 15.6 Å². The van der Waals surface area contributed by atoms with Gasteiger partial charge in [-0.15, -0.1) is 0 Å². The predicted molar refractivity (Wildman–Crippen MR) is 105 cm³/mol. The lowest BCUT2D eigenvalue weighted by Crippen LogP contribution is -2.30. The van der Waals surface area contributed by atoms with Gasteiger partial charge in [0.2, 0.25) is 0 Å². The molecule has 0 atom stereocenters. The summed E-state index contributed by atoms with van der Waals surface area (Å²) in [6, 6.07) is 12.2. The van der Waals surface area contributed by atoms with Crippen molar-refractivity contribution in [1.29, 1.82) is 0 Å². The summed E-state index contributed by atoms with van der Waals surface area (Å²) in [5.74, 6) is 0.921. The zero-order chi connectivity index (χ0) is 19.5. The largest absolute Gasteiger partial charge is 0.493 e. The van der Waals surface area contributed by atoms with Gasteiger partial charge in [-0.2, -0.15) is 0 Å². The Labute approximate surface area is 159 Å². The smallest absolute Gasteiger partial charge is 0.195 e. The molecular weight excluding hydrogens is 349 g/mol. The van der Waals surface area contributed by atoms with Gasteiger partial charge in [-0.3, -0.25) is 4.99 Å². The molecule has 0 radical (unpaired) electrons. The van der Waals surface area contributed by atoms with Crippen molar-refractivity contribution in [1.82, 2.24) is 5.32 Å². The van der Waals surface area contributed by atoms with Crippen molar-refractivity contribution < 1.29 is 19.0 Å². The van der Waals surface area contributed by atoms with E-state index in [1.807, 2.05) is 24.3 Å². The quantitative estimate of drug-likeness (QED) is 0.357. The summed E-state index contributed by atoms with van der Waals surface area (Å²) in [5, 5.41) is 15.5. The van der Waals surface area contributed by atoms with Crippen LogP contribution in [0.5, 0.6) is 5.75 Å². The van der Waals surface area contributed by atoms with Crippen LogP contribution in [-0.2, 0) is 17.9 Å². The van der Waals surface area contributed by atoms with Gasteiger partial charge in [0, 0.05) is 51.0 Å². The van der Waals surface area contributed by atoms with Gasteiger partial charge in [0.05, 0.1) is 13.2 Å². The van der Waals surface area contributed by atoms with Crippen molar-refractivity contribution in [2.24, 2.45) is 4.99 Å². The number of guanidine groups is 1. The Bertz CT molecular complexity index is 753. The standard InChI is InChI=1S/C20H26FN3O3/c1-22-20(23-13-15-7-8-19(21)16(11-15)14-25)24-17-5-3-6-18(12-17)27-10-4-9-26-2/h3,5-8,11-12,25H,4,9-10,13-14H2,1-2H3,(H2,22,23,24). The molecule has 146 valence electrons. The number of nitrogens with zero attached hydrogens (tertiary/aromatic N) is 1. The number of hydrogen-bond donors (Lipinski definition) is 3. The van der Waals surface area contributed by atoms with E-state index in [0.29, 0.717) is 25.7 Å². The van der Waals surface area contributed by atoms with Crippen molar-refractivity contribution >= 4 is 11.6 Å². The molecule has 0 aliphatic heterocycles. The van der Waals surface area contributed by atoms with Gasteiger partial charge in [-0.05, 0) is 29.8 Å². The number of aliphatic hydroxyl groups is 1. The first-order valence-electron chi connectivity index (χ1n) is 8.74. The maximum atomic E-state index is 13.5. The van der Waals surface area contributed by atoms with E-state index in [4.69, 9.17) is 14.6 Å². The van der Waals surface area contributed by atoms with E-state index in [1.54, 1.807) is 26.3 Å². The number of hydrogen-bond acceptors (Lipinski definition) is 4. The second-order valence-electron chi connectivity index (χ2n) is 5.86. The SMILES string of the molecule is CN=C(NCc1ccc(F)c(CO)c1)Nc1cccc(OCCCOC)c1. The first kappa shape index (κ1) is 20.7. The van der Waals surface area contributed by atoms with Crippen LogP contribution >= 0.6 is 0 Å². The average Bonchev–Trinajstić information content (AvgIpc) is 2.69. The third-order valence-corrected chi connectivity index (χ3v) is 3.82. The van der Waals surface area contributed by atoms with E-state index in [1.165, 1.54) is 6.07 Å². The number of anilines is 1. The number of methoxy groups -OCH3 is 1. The minimum absolute atomic E-state index is 0.274.